The summed E-state index contributed by atoms with van der Waals surface area (Å²) in [5.74, 6) is 1.13. The Morgan fingerprint density at radius 2 is 2.14 bits per heavy atom. The zero-order valence-corrected chi connectivity index (χ0v) is 12.8. The largest absolute Gasteiger partial charge is 0.469 e. The van der Waals surface area contributed by atoms with E-state index in [2.05, 4.69) is 34.6 Å². The van der Waals surface area contributed by atoms with Gasteiger partial charge in [-0.3, -0.25) is 0 Å². The topological polar surface area (TPSA) is 34.1 Å². The highest BCUT2D eigenvalue weighted by molar-refractivity contribution is 6.30. The first-order chi connectivity index (χ1) is 10.2. The number of pyridine rings is 1. The fraction of sp³-hybridized carbons (Fsp3) is 0.353. The maximum Gasteiger partial charge on any atom is 0.216 e. The average Bonchev–Trinajstić information content (AvgIpc) is 3.01. The van der Waals surface area contributed by atoms with Gasteiger partial charge in [-0.2, -0.15) is 0 Å². The van der Waals surface area contributed by atoms with Gasteiger partial charge in [0.25, 0.3) is 0 Å². The molecule has 4 heteroatoms. The van der Waals surface area contributed by atoms with Crippen molar-refractivity contribution in [1.29, 1.82) is 0 Å². The number of hydrogen-bond donors (Lipinski definition) is 1. The predicted octanol–water partition coefficient (Wildman–Crippen LogP) is 3.77. The normalized spacial score (nSPS) is 19.4. The highest BCUT2D eigenvalue weighted by Crippen LogP contribution is 2.32. The van der Waals surface area contributed by atoms with E-state index >= 15 is 0 Å². The smallest absolute Gasteiger partial charge is 0.216 e. The van der Waals surface area contributed by atoms with E-state index in [0.717, 1.165) is 25.1 Å². The molecule has 1 aliphatic heterocycles. The summed E-state index contributed by atoms with van der Waals surface area (Å²) >= 11 is 5.97. The molecule has 1 fully saturated rings. The molecule has 0 unspecified atom stereocenters. The molecule has 110 valence electrons. The van der Waals surface area contributed by atoms with Gasteiger partial charge in [0.2, 0.25) is 5.88 Å². The molecule has 1 saturated heterocycles. The lowest BCUT2D eigenvalue weighted by Gasteiger charge is -2.25. The molecule has 1 aliphatic rings. The van der Waals surface area contributed by atoms with Crippen LogP contribution in [0.25, 0.3) is 0 Å². The van der Waals surface area contributed by atoms with Gasteiger partial charge in [0.1, 0.15) is 6.10 Å². The molecule has 1 aromatic carbocycles. The first-order valence-electron chi connectivity index (χ1n) is 7.28. The maximum atomic E-state index is 6.26. The van der Waals surface area contributed by atoms with Crippen LogP contribution in [0.5, 0.6) is 5.88 Å². The Morgan fingerprint density at radius 1 is 1.33 bits per heavy atom. The van der Waals surface area contributed by atoms with Gasteiger partial charge in [0, 0.05) is 24.2 Å². The van der Waals surface area contributed by atoms with Crippen LogP contribution in [0.1, 0.15) is 23.7 Å². The van der Waals surface area contributed by atoms with Crippen LogP contribution in [0.3, 0.4) is 0 Å². The van der Waals surface area contributed by atoms with E-state index in [-0.39, 0.29) is 6.10 Å². The molecule has 2 heterocycles. The molecular weight excluding hydrogens is 284 g/mol. The van der Waals surface area contributed by atoms with Crippen molar-refractivity contribution in [2.24, 2.45) is 5.92 Å². The molecule has 0 spiro atoms. The second-order valence-corrected chi connectivity index (χ2v) is 5.91. The van der Waals surface area contributed by atoms with Crippen molar-refractivity contribution in [3.8, 4) is 5.88 Å². The molecule has 1 aromatic heterocycles. The van der Waals surface area contributed by atoms with Crippen molar-refractivity contribution in [3.05, 3.63) is 58.7 Å². The van der Waals surface area contributed by atoms with Gasteiger partial charge in [0.15, 0.2) is 0 Å². The molecule has 2 aromatic rings. The summed E-state index contributed by atoms with van der Waals surface area (Å²) in [5, 5.41) is 4.05. The first-order valence-corrected chi connectivity index (χ1v) is 7.66. The number of nitrogens with zero attached hydrogens (tertiary/aromatic N) is 1. The Morgan fingerprint density at radius 3 is 2.81 bits per heavy atom. The molecule has 3 rings (SSSR count). The van der Waals surface area contributed by atoms with Crippen LogP contribution in [0, 0.1) is 12.8 Å². The van der Waals surface area contributed by atoms with Gasteiger partial charge < -0.3 is 10.1 Å². The molecule has 0 radical (unpaired) electrons. The zero-order chi connectivity index (χ0) is 14.7. The van der Waals surface area contributed by atoms with Crippen LogP contribution >= 0.6 is 11.6 Å². The number of ether oxygens (including phenoxy) is 1. The summed E-state index contributed by atoms with van der Waals surface area (Å²) in [7, 11) is 0. The SMILES string of the molecule is Cc1cc(Cl)cnc1O[C@H](c1ccccc1)[C@@H]1CCNC1. The molecule has 0 saturated carbocycles. The fourth-order valence-corrected chi connectivity index (χ4v) is 3.00. The lowest BCUT2D eigenvalue weighted by atomic mass is 9.95. The highest BCUT2D eigenvalue weighted by Gasteiger charge is 2.28. The van der Waals surface area contributed by atoms with Crippen molar-refractivity contribution >= 4 is 11.6 Å². The molecule has 2 atom stereocenters. The fourth-order valence-electron chi connectivity index (χ4n) is 2.79. The third-order valence-corrected chi connectivity index (χ3v) is 4.10. The van der Waals surface area contributed by atoms with Crippen LogP contribution in [0.4, 0.5) is 0 Å². The second kappa shape index (κ2) is 6.46. The lowest BCUT2D eigenvalue weighted by Crippen LogP contribution is -2.22. The summed E-state index contributed by atoms with van der Waals surface area (Å²) in [6.07, 6.45) is 2.78. The molecular formula is C17H19ClN2O. The minimum atomic E-state index is 0.0218. The van der Waals surface area contributed by atoms with Gasteiger partial charge >= 0.3 is 0 Å². The minimum absolute atomic E-state index is 0.0218. The number of aromatic nitrogens is 1. The van der Waals surface area contributed by atoms with Crippen molar-refractivity contribution < 1.29 is 4.74 Å². The van der Waals surface area contributed by atoms with Crippen LogP contribution in [-0.2, 0) is 0 Å². The predicted molar refractivity (Wildman–Crippen MR) is 84.8 cm³/mol. The summed E-state index contributed by atoms with van der Waals surface area (Å²) in [5.41, 5.74) is 2.16. The number of nitrogens with one attached hydrogen (secondary N) is 1. The van der Waals surface area contributed by atoms with E-state index in [1.807, 2.05) is 19.1 Å². The van der Waals surface area contributed by atoms with Gasteiger partial charge in [-0.25, -0.2) is 4.98 Å². The van der Waals surface area contributed by atoms with Crippen molar-refractivity contribution in [3.63, 3.8) is 0 Å². The highest BCUT2D eigenvalue weighted by atomic mass is 35.5. The van der Waals surface area contributed by atoms with Crippen LogP contribution in [-0.4, -0.2) is 18.1 Å². The number of hydrogen-bond acceptors (Lipinski definition) is 3. The first kappa shape index (κ1) is 14.4. The Kier molecular flexibility index (Phi) is 4.42. The van der Waals surface area contributed by atoms with E-state index in [9.17, 15) is 0 Å². The van der Waals surface area contributed by atoms with Gasteiger partial charge in [-0.1, -0.05) is 41.9 Å². The Labute approximate surface area is 130 Å². The Balaban J connectivity index is 1.88. The van der Waals surface area contributed by atoms with Crippen LogP contribution in [0.2, 0.25) is 5.02 Å². The molecule has 3 nitrogen and oxygen atoms in total. The van der Waals surface area contributed by atoms with Crippen LogP contribution in [0.15, 0.2) is 42.6 Å². The third-order valence-electron chi connectivity index (χ3n) is 3.89. The number of rotatable bonds is 4. The average molecular weight is 303 g/mol. The molecule has 0 bridgehead atoms. The van der Waals surface area contributed by atoms with E-state index in [0.29, 0.717) is 16.8 Å². The summed E-state index contributed by atoms with van der Waals surface area (Å²) in [4.78, 5) is 4.34. The molecule has 1 N–H and O–H groups in total. The van der Waals surface area contributed by atoms with Crippen molar-refractivity contribution in [2.75, 3.05) is 13.1 Å². The second-order valence-electron chi connectivity index (χ2n) is 5.48. The molecule has 0 aliphatic carbocycles. The summed E-state index contributed by atoms with van der Waals surface area (Å²) in [6, 6.07) is 12.3. The molecule has 0 amide bonds. The monoisotopic (exact) mass is 302 g/mol. The zero-order valence-electron chi connectivity index (χ0n) is 12.1. The minimum Gasteiger partial charge on any atom is -0.469 e. The number of halogens is 1. The number of benzene rings is 1. The van der Waals surface area contributed by atoms with Crippen LogP contribution < -0.4 is 10.1 Å². The van der Waals surface area contributed by atoms with E-state index < -0.39 is 0 Å². The van der Waals surface area contributed by atoms with E-state index in [4.69, 9.17) is 16.3 Å². The summed E-state index contributed by atoms with van der Waals surface area (Å²) in [6.45, 7) is 4.00. The standard InChI is InChI=1S/C17H19ClN2O/c1-12-9-15(18)11-20-17(12)21-16(14-7-8-19-10-14)13-5-3-2-4-6-13/h2-6,9,11,14,16,19H,7-8,10H2,1H3/t14-,16-/m1/s1. The molecule has 21 heavy (non-hydrogen) atoms. The van der Waals surface area contributed by atoms with E-state index in [1.165, 1.54) is 5.56 Å². The van der Waals surface area contributed by atoms with Gasteiger partial charge in [0.05, 0.1) is 5.02 Å². The van der Waals surface area contributed by atoms with Gasteiger partial charge in [-0.15, -0.1) is 0 Å². The lowest BCUT2D eigenvalue weighted by molar-refractivity contribution is 0.137. The Bertz CT molecular complexity index is 597. The van der Waals surface area contributed by atoms with Crippen molar-refractivity contribution in [2.45, 2.75) is 19.4 Å². The Hall–Kier alpha value is -1.58. The maximum absolute atomic E-state index is 6.26. The quantitative estimate of drug-likeness (QED) is 0.933. The van der Waals surface area contributed by atoms with Gasteiger partial charge in [-0.05, 0) is 31.5 Å². The third kappa shape index (κ3) is 3.36. The summed E-state index contributed by atoms with van der Waals surface area (Å²) < 4.78 is 6.26. The van der Waals surface area contributed by atoms with E-state index in [1.54, 1.807) is 6.20 Å². The van der Waals surface area contributed by atoms with Crippen molar-refractivity contribution in [1.82, 2.24) is 10.3 Å². The number of aryl methyl sites for hydroxylation is 1.